The SMILES string of the molecule is CSc1ccccc1C(=O)N[C@H](C)COc1ccc(C)cc1. The third-order valence-corrected chi connectivity index (χ3v) is 4.05. The predicted octanol–water partition coefficient (Wildman–Crippen LogP) is 3.91. The fraction of sp³-hybridized carbons (Fsp3) is 0.278. The summed E-state index contributed by atoms with van der Waals surface area (Å²) in [6.45, 7) is 4.42. The number of thioether (sulfide) groups is 1. The van der Waals surface area contributed by atoms with Crippen LogP contribution in [0.2, 0.25) is 0 Å². The molecule has 0 heterocycles. The first-order chi connectivity index (χ1) is 10.6. The van der Waals surface area contributed by atoms with Crippen molar-refractivity contribution < 1.29 is 9.53 Å². The van der Waals surface area contributed by atoms with Crippen LogP contribution in [0.1, 0.15) is 22.8 Å². The molecule has 3 nitrogen and oxygen atoms in total. The van der Waals surface area contributed by atoms with Crippen molar-refractivity contribution in [3.05, 3.63) is 59.7 Å². The summed E-state index contributed by atoms with van der Waals surface area (Å²) in [5.41, 5.74) is 1.90. The van der Waals surface area contributed by atoms with Crippen molar-refractivity contribution >= 4 is 17.7 Å². The lowest BCUT2D eigenvalue weighted by Gasteiger charge is -2.16. The van der Waals surface area contributed by atoms with Crippen LogP contribution in [-0.2, 0) is 0 Å². The molecule has 0 aliphatic heterocycles. The van der Waals surface area contributed by atoms with Gasteiger partial charge in [0.2, 0.25) is 0 Å². The lowest BCUT2D eigenvalue weighted by Crippen LogP contribution is -2.37. The molecule has 22 heavy (non-hydrogen) atoms. The number of nitrogens with one attached hydrogen (secondary N) is 1. The Hall–Kier alpha value is -1.94. The molecule has 2 rings (SSSR count). The lowest BCUT2D eigenvalue weighted by molar-refractivity contribution is 0.0923. The first kappa shape index (κ1) is 16.4. The summed E-state index contributed by atoms with van der Waals surface area (Å²) in [5, 5.41) is 2.98. The summed E-state index contributed by atoms with van der Waals surface area (Å²) >= 11 is 1.57. The minimum atomic E-state index is -0.0660. The molecule has 2 aromatic rings. The number of benzene rings is 2. The summed E-state index contributed by atoms with van der Waals surface area (Å²) in [6, 6.07) is 15.4. The Balaban J connectivity index is 1.89. The fourth-order valence-electron chi connectivity index (χ4n) is 2.03. The third kappa shape index (κ3) is 4.53. The number of amides is 1. The van der Waals surface area contributed by atoms with Crippen LogP contribution in [0.5, 0.6) is 5.75 Å². The van der Waals surface area contributed by atoms with Crippen LogP contribution in [0.3, 0.4) is 0 Å². The molecule has 0 unspecified atom stereocenters. The molecule has 4 heteroatoms. The molecule has 0 saturated carbocycles. The number of aryl methyl sites for hydroxylation is 1. The van der Waals surface area contributed by atoms with E-state index in [1.807, 2.05) is 68.6 Å². The van der Waals surface area contributed by atoms with Gasteiger partial charge in [-0.2, -0.15) is 0 Å². The molecule has 116 valence electrons. The second-order valence-electron chi connectivity index (χ2n) is 5.20. The molecule has 0 radical (unpaired) electrons. The van der Waals surface area contributed by atoms with Gasteiger partial charge in [0.25, 0.3) is 5.91 Å². The average Bonchev–Trinajstić information content (AvgIpc) is 2.54. The number of carbonyl (C=O) groups is 1. The van der Waals surface area contributed by atoms with Gasteiger partial charge < -0.3 is 10.1 Å². The maximum Gasteiger partial charge on any atom is 0.252 e. The Labute approximate surface area is 136 Å². The fourth-order valence-corrected chi connectivity index (χ4v) is 2.63. The minimum Gasteiger partial charge on any atom is -0.491 e. The van der Waals surface area contributed by atoms with Crippen molar-refractivity contribution in [1.29, 1.82) is 0 Å². The molecule has 0 fully saturated rings. The molecule has 0 bridgehead atoms. The third-order valence-electron chi connectivity index (χ3n) is 3.25. The molecular weight excluding hydrogens is 294 g/mol. The van der Waals surface area contributed by atoms with Gasteiger partial charge in [0.1, 0.15) is 12.4 Å². The highest BCUT2D eigenvalue weighted by Crippen LogP contribution is 2.19. The maximum atomic E-state index is 12.3. The van der Waals surface area contributed by atoms with E-state index in [9.17, 15) is 4.79 Å². The van der Waals surface area contributed by atoms with Crippen molar-refractivity contribution in [3.63, 3.8) is 0 Å². The zero-order chi connectivity index (χ0) is 15.9. The second-order valence-corrected chi connectivity index (χ2v) is 6.05. The highest BCUT2D eigenvalue weighted by atomic mass is 32.2. The average molecular weight is 315 g/mol. The maximum absolute atomic E-state index is 12.3. The Morgan fingerprint density at radius 1 is 1.18 bits per heavy atom. The molecule has 1 amide bonds. The van der Waals surface area contributed by atoms with Crippen molar-refractivity contribution in [2.24, 2.45) is 0 Å². The summed E-state index contributed by atoms with van der Waals surface area (Å²) in [6.07, 6.45) is 1.97. The summed E-state index contributed by atoms with van der Waals surface area (Å²) in [4.78, 5) is 13.3. The van der Waals surface area contributed by atoms with E-state index in [1.54, 1.807) is 11.8 Å². The van der Waals surface area contributed by atoms with Gasteiger partial charge in [-0.15, -0.1) is 11.8 Å². The highest BCUT2D eigenvalue weighted by Gasteiger charge is 2.13. The zero-order valence-electron chi connectivity index (χ0n) is 13.1. The Bertz CT molecular complexity index is 625. The lowest BCUT2D eigenvalue weighted by atomic mass is 10.2. The highest BCUT2D eigenvalue weighted by molar-refractivity contribution is 7.98. The minimum absolute atomic E-state index is 0.0649. The first-order valence-corrected chi connectivity index (χ1v) is 8.46. The van der Waals surface area contributed by atoms with Crippen LogP contribution in [0, 0.1) is 6.92 Å². The number of ether oxygens (including phenoxy) is 1. The predicted molar refractivity (Wildman–Crippen MR) is 91.8 cm³/mol. The molecule has 0 aromatic heterocycles. The van der Waals surface area contributed by atoms with Crippen molar-refractivity contribution in [2.45, 2.75) is 24.8 Å². The normalized spacial score (nSPS) is 11.8. The molecule has 0 saturated heterocycles. The van der Waals surface area contributed by atoms with E-state index in [1.165, 1.54) is 5.56 Å². The van der Waals surface area contributed by atoms with E-state index in [0.29, 0.717) is 12.2 Å². The van der Waals surface area contributed by atoms with Crippen LogP contribution in [0.4, 0.5) is 0 Å². The largest absolute Gasteiger partial charge is 0.491 e. The van der Waals surface area contributed by atoms with Gasteiger partial charge in [0.15, 0.2) is 0 Å². The second kappa shape index (κ2) is 7.90. The van der Waals surface area contributed by atoms with Crippen LogP contribution >= 0.6 is 11.8 Å². The topological polar surface area (TPSA) is 38.3 Å². The standard InChI is InChI=1S/C18H21NO2S/c1-13-8-10-15(11-9-13)21-12-14(2)19-18(20)16-6-4-5-7-17(16)22-3/h4-11,14H,12H2,1-3H3,(H,19,20)/t14-/m1/s1. The Kier molecular flexibility index (Phi) is 5.90. The molecule has 0 aliphatic rings. The molecular formula is C18H21NO2S. The molecule has 1 atom stereocenters. The van der Waals surface area contributed by atoms with Crippen LogP contribution in [-0.4, -0.2) is 24.8 Å². The molecule has 0 spiro atoms. The number of hydrogen-bond acceptors (Lipinski definition) is 3. The van der Waals surface area contributed by atoms with E-state index in [-0.39, 0.29) is 11.9 Å². The van der Waals surface area contributed by atoms with E-state index in [2.05, 4.69) is 5.32 Å². The molecule has 2 aromatic carbocycles. The van der Waals surface area contributed by atoms with Crippen LogP contribution < -0.4 is 10.1 Å². The van der Waals surface area contributed by atoms with Crippen molar-refractivity contribution in [1.82, 2.24) is 5.32 Å². The van der Waals surface area contributed by atoms with Gasteiger partial charge in [-0.1, -0.05) is 29.8 Å². The first-order valence-electron chi connectivity index (χ1n) is 7.23. The van der Waals surface area contributed by atoms with Crippen molar-refractivity contribution in [2.75, 3.05) is 12.9 Å². The Morgan fingerprint density at radius 3 is 2.55 bits per heavy atom. The molecule has 0 aliphatic carbocycles. The van der Waals surface area contributed by atoms with Crippen molar-refractivity contribution in [3.8, 4) is 5.75 Å². The monoisotopic (exact) mass is 315 g/mol. The van der Waals surface area contributed by atoms with Gasteiger partial charge in [0, 0.05) is 4.90 Å². The van der Waals surface area contributed by atoms with E-state index >= 15 is 0 Å². The molecule has 1 N–H and O–H groups in total. The van der Waals surface area contributed by atoms with Gasteiger partial charge in [-0.05, 0) is 44.4 Å². The Morgan fingerprint density at radius 2 is 1.86 bits per heavy atom. The van der Waals surface area contributed by atoms with Gasteiger partial charge in [-0.25, -0.2) is 0 Å². The van der Waals surface area contributed by atoms with E-state index < -0.39 is 0 Å². The van der Waals surface area contributed by atoms with Crippen LogP contribution in [0.15, 0.2) is 53.4 Å². The quantitative estimate of drug-likeness (QED) is 0.821. The number of rotatable bonds is 6. The van der Waals surface area contributed by atoms with Gasteiger partial charge in [-0.3, -0.25) is 4.79 Å². The van der Waals surface area contributed by atoms with Gasteiger partial charge in [0.05, 0.1) is 11.6 Å². The van der Waals surface area contributed by atoms with Gasteiger partial charge >= 0.3 is 0 Å². The summed E-state index contributed by atoms with van der Waals surface area (Å²) < 4.78 is 5.70. The number of carbonyl (C=O) groups excluding carboxylic acids is 1. The number of hydrogen-bond donors (Lipinski definition) is 1. The van der Waals surface area contributed by atoms with E-state index in [0.717, 1.165) is 10.6 Å². The smallest absolute Gasteiger partial charge is 0.252 e. The van der Waals surface area contributed by atoms with E-state index in [4.69, 9.17) is 4.74 Å². The van der Waals surface area contributed by atoms with Crippen LogP contribution in [0.25, 0.3) is 0 Å². The zero-order valence-corrected chi connectivity index (χ0v) is 13.9. The summed E-state index contributed by atoms with van der Waals surface area (Å²) in [7, 11) is 0. The summed E-state index contributed by atoms with van der Waals surface area (Å²) in [5.74, 6) is 0.751.